The number of methoxy groups -OCH3 is 1. The summed E-state index contributed by atoms with van der Waals surface area (Å²) in [7, 11) is 0.539. The number of ether oxygens (including phenoxy) is 1. The van der Waals surface area contributed by atoms with Crippen molar-refractivity contribution in [2.24, 2.45) is 0 Å². The summed E-state index contributed by atoms with van der Waals surface area (Å²) in [5, 5.41) is 0. The number of rotatable bonds is 5. The Hall–Kier alpha value is 0.582. The van der Waals surface area contributed by atoms with Gasteiger partial charge in [0.2, 0.25) is 0 Å². The molecule has 0 aromatic rings. The van der Waals surface area contributed by atoms with Crippen molar-refractivity contribution >= 4 is 14.0 Å². The third kappa shape index (κ3) is 6.63. The molecule has 0 N–H and O–H groups in total. The van der Waals surface area contributed by atoms with Crippen molar-refractivity contribution in [2.45, 2.75) is 29.6 Å². The Balaban J connectivity index is 4.02. The Kier molecular flexibility index (Phi) is 6.41. The maximum absolute atomic E-state index is 10.7. The molecule has 13 heavy (non-hydrogen) atoms. The van der Waals surface area contributed by atoms with E-state index in [1.807, 2.05) is 0 Å². The van der Waals surface area contributed by atoms with Crippen LogP contribution in [-0.4, -0.2) is 27.8 Å². The summed E-state index contributed by atoms with van der Waals surface area (Å²) in [4.78, 5) is 10.7. The zero-order valence-electron chi connectivity index (χ0n) is 9.22. The Labute approximate surface area is 94.3 Å². The summed E-state index contributed by atoms with van der Waals surface area (Å²) in [6.07, 6.45) is 0. The van der Waals surface area contributed by atoms with E-state index in [4.69, 9.17) is 7.38 Å². The summed E-state index contributed by atoms with van der Waals surface area (Å²) in [6.45, 7) is 9.19. The standard InChI is InChI=1S/C6H15OSi.C2H4O2.Hg/c1-7-5-6-8(2,3)4;1-2(3)4;/h6H,5H2,1-4H3;1H3,(H,3,4);/q;;+1/p-1. The molecule has 0 radical (unpaired) electrons. The Morgan fingerprint density at radius 3 is 2.31 bits per heavy atom. The van der Waals surface area contributed by atoms with E-state index >= 15 is 0 Å². The topological polar surface area (TPSA) is 35.5 Å². The number of hydrogen-bond donors (Lipinski definition) is 0. The van der Waals surface area contributed by atoms with Gasteiger partial charge in [-0.15, -0.1) is 0 Å². The third-order valence-corrected chi connectivity index (χ3v) is 25.2. The SMILES string of the molecule is COC[CH]([Hg][O]C(C)=O)[Si](C)(C)C. The van der Waals surface area contributed by atoms with Crippen LogP contribution in [0.4, 0.5) is 0 Å². The summed E-state index contributed by atoms with van der Waals surface area (Å²) < 4.78 is 11.0. The second-order valence-corrected chi connectivity index (χ2v) is 19.3. The van der Waals surface area contributed by atoms with Gasteiger partial charge in [-0.2, -0.15) is 0 Å². The quantitative estimate of drug-likeness (QED) is 0.672. The van der Waals surface area contributed by atoms with Gasteiger partial charge in [-0.25, -0.2) is 0 Å². The second kappa shape index (κ2) is 6.14. The molecule has 0 bridgehead atoms. The van der Waals surface area contributed by atoms with Crippen LogP contribution in [0.15, 0.2) is 0 Å². The first kappa shape index (κ1) is 13.6. The van der Waals surface area contributed by atoms with Crippen molar-refractivity contribution in [1.82, 2.24) is 0 Å². The zero-order chi connectivity index (χ0) is 10.5. The monoisotopic (exact) mass is 392 g/mol. The number of carbonyl (C=O) groups excluding carboxylic acids is 1. The molecule has 5 heteroatoms. The average molecular weight is 391 g/mol. The van der Waals surface area contributed by atoms with Gasteiger partial charge in [0.25, 0.3) is 0 Å². The first-order valence-electron chi connectivity index (χ1n) is 4.50. The van der Waals surface area contributed by atoms with Gasteiger partial charge in [0.15, 0.2) is 0 Å². The molecule has 0 saturated heterocycles. The number of carbonyl (C=O) groups is 1. The van der Waals surface area contributed by atoms with Gasteiger partial charge < -0.3 is 0 Å². The Morgan fingerprint density at radius 2 is 2.00 bits per heavy atom. The number of hydrogen-bond acceptors (Lipinski definition) is 3. The predicted octanol–water partition coefficient (Wildman–Crippen LogP) is 1.86. The van der Waals surface area contributed by atoms with Crippen molar-refractivity contribution < 1.29 is 37.2 Å². The molecular formula is C8H18HgO3Si. The van der Waals surface area contributed by atoms with Crippen LogP contribution in [0.2, 0.25) is 22.7 Å². The van der Waals surface area contributed by atoms with Crippen molar-refractivity contribution in [3.63, 3.8) is 0 Å². The molecule has 74 valence electrons. The van der Waals surface area contributed by atoms with E-state index in [0.29, 0.717) is 3.05 Å². The second-order valence-electron chi connectivity index (χ2n) is 4.32. The molecule has 1 unspecified atom stereocenters. The molecule has 0 aliphatic carbocycles. The normalized spacial score (nSPS) is 13.3. The fourth-order valence-corrected chi connectivity index (χ4v) is 11.7. The fraction of sp³-hybridized carbons (Fsp3) is 0.875. The van der Waals surface area contributed by atoms with Crippen LogP contribution in [0.25, 0.3) is 0 Å². The van der Waals surface area contributed by atoms with Gasteiger partial charge in [0.05, 0.1) is 0 Å². The van der Waals surface area contributed by atoms with Crippen LogP contribution >= 0.6 is 0 Å². The molecule has 0 aromatic heterocycles. The van der Waals surface area contributed by atoms with Crippen molar-refractivity contribution in [3.8, 4) is 0 Å². The zero-order valence-corrected chi connectivity index (χ0v) is 15.7. The van der Waals surface area contributed by atoms with Crippen LogP contribution in [0, 0.1) is 0 Å². The van der Waals surface area contributed by atoms with E-state index in [-0.39, 0.29) is 5.97 Å². The van der Waals surface area contributed by atoms with Crippen LogP contribution in [-0.2, 0) is 37.2 Å². The van der Waals surface area contributed by atoms with Gasteiger partial charge in [-0.05, 0) is 0 Å². The molecule has 0 aromatic carbocycles. The van der Waals surface area contributed by atoms with Gasteiger partial charge in [-0.3, -0.25) is 0 Å². The van der Waals surface area contributed by atoms with E-state index in [1.54, 1.807) is 7.11 Å². The molecule has 0 rings (SSSR count). The molecule has 0 amide bonds. The van der Waals surface area contributed by atoms with Crippen molar-refractivity contribution in [2.75, 3.05) is 13.7 Å². The molecule has 1 atom stereocenters. The average Bonchev–Trinajstić information content (AvgIpc) is 1.95. The fourth-order valence-electron chi connectivity index (χ4n) is 0.967. The van der Waals surface area contributed by atoms with Crippen molar-refractivity contribution in [1.29, 1.82) is 0 Å². The molecule has 0 saturated carbocycles. The molecule has 0 heterocycles. The molecular weight excluding hydrogens is 373 g/mol. The van der Waals surface area contributed by atoms with Crippen LogP contribution in [0.1, 0.15) is 6.92 Å². The maximum atomic E-state index is 10.7. The van der Waals surface area contributed by atoms with Gasteiger partial charge in [-0.1, -0.05) is 0 Å². The van der Waals surface area contributed by atoms with Gasteiger partial charge >= 0.3 is 94.6 Å². The first-order chi connectivity index (χ1) is 5.88. The van der Waals surface area contributed by atoms with Crippen LogP contribution in [0.3, 0.4) is 0 Å². The minimum atomic E-state index is -1.50. The summed E-state index contributed by atoms with van der Waals surface area (Å²) in [6, 6.07) is 0. The molecule has 0 aliphatic heterocycles. The summed E-state index contributed by atoms with van der Waals surface area (Å²) in [5.41, 5.74) is 0. The van der Waals surface area contributed by atoms with E-state index < -0.39 is 33.1 Å². The predicted molar refractivity (Wildman–Crippen MR) is 50.7 cm³/mol. The van der Waals surface area contributed by atoms with Gasteiger partial charge in [0, 0.05) is 0 Å². The van der Waals surface area contributed by atoms with Gasteiger partial charge in [0.1, 0.15) is 0 Å². The van der Waals surface area contributed by atoms with E-state index in [2.05, 4.69) is 19.6 Å². The molecule has 0 spiro atoms. The molecule has 0 aliphatic rings. The van der Waals surface area contributed by atoms with E-state index in [9.17, 15) is 4.79 Å². The van der Waals surface area contributed by atoms with Crippen LogP contribution in [0.5, 0.6) is 0 Å². The summed E-state index contributed by atoms with van der Waals surface area (Å²) in [5.74, 6) is -0.110. The third-order valence-electron chi connectivity index (χ3n) is 2.08. The molecule has 0 fully saturated rings. The van der Waals surface area contributed by atoms with E-state index in [0.717, 1.165) is 6.61 Å². The summed E-state index contributed by atoms with van der Waals surface area (Å²) >= 11 is -1.50. The Morgan fingerprint density at radius 1 is 1.46 bits per heavy atom. The van der Waals surface area contributed by atoms with Crippen molar-refractivity contribution in [3.05, 3.63) is 0 Å². The molecule has 3 nitrogen and oxygen atoms in total. The Bertz CT molecular complexity index is 167. The van der Waals surface area contributed by atoms with E-state index in [1.165, 1.54) is 6.92 Å². The minimum absolute atomic E-state index is 0.110. The first-order valence-corrected chi connectivity index (χ1v) is 13.5. The van der Waals surface area contributed by atoms with Crippen LogP contribution < -0.4 is 0 Å².